The van der Waals surface area contributed by atoms with Gasteiger partial charge in [-0.2, -0.15) is 0 Å². The van der Waals surface area contributed by atoms with Crippen molar-refractivity contribution in [3.8, 4) is 11.1 Å². The molecule has 0 saturated heterocycles. The maximum Gasteiger partial charge on any atom is 0.306 e. The normalized spacial score (nSPS) is 13.7. The quantitative estimate of drug-likeness (QED) is 0.293. The fraction of sp³-hybridized carbons (Fsp3) is 0.484. The van der Waals surface area contributed by atoms with Gasteiger partial charge in [0.05, 0.1) is 5.92 Å². The van der Waals surface area contributed by atoms with E-state index in [0.717, 1.165) is 35.8 Å². The van der Waals surface area contributed by atoms with Gasteiger partial charge in [-0.05, 0) is 47.8 Å². The highest BCUT2D eigenvalue weighted by Crippen LogP contribution is 2.26. The lowest BCUT2D eigenvalue weighted by Crippen LogP contribution is -2.54. The van der Waals surface area contributed by atoms with E-state index >= 15 is 0 Å². The van der Waals surface area contributed by atoms with Crippen molar-refractivity contribution in [2.24, 2.45) is 17.3 Å². The molecule has 2 aromatic carbocycles. The van der Waals surface area contributed by atoms with Crippen molar-refractivity contribution in [1.29, 1.82) is 0 Å². The van der Waals surface area contributed by atoms with Crippen LogP contribution in [0.3, 0.4) is 0 Å². The van der Waals surface area contributed by atoms with Crippen LogP contribution in [0.4, 0.5) is 0 Å². The van der Waals surface area contributed by atoms with Gasteiger partial charge in [-0.25, -0.2) is 0 Å². The van der Waals surface area contributed by atoms with E-state index in [1.165, 1.54) is 7.05 Å². The Morgan fingerprint density at radius 2 is 1.47 bits per heavy atom. The molecule has 7 heteroatoms. The van der Waals surface area contributed by atoms with E-state index in [9.17, 15) is 24.3 Å². The molecule has 0 heterocycles. The molecule has 0 spiro atoms. The van der Waals surface area contributed by atoms with Crippen LogP contribution in [0.5, 0.6) is 0 Å². The standard InChI is InChI=1S/C31H42N2O5/c1-6-7-8-26(30(37)38)19-25(28(35)33-27(29(36)32-5)31(2,3)4)18-11-21-9-14-23(15-10-21)24-16-12-22(20-34)13-17-24/h9-10,12-17,20,25-27H,6-8,11,18-19H2,1-5H3,(H,32,36)(H,33,35)(H,37,38)/t25-,26-,27+/m0/s1. The van der Waals surface area contributed by atoms with Crippen molar-refractivity contribution in [2.75, 3.05) is 7.05 Å². The number of carbonyl (C=O) groups excluding carboxylic acids is 3. The third-order valence-corrected chi connectivity index (χ3v) is 6.97. The summed E-state index contributed by atoms with van der Waals surface area (Å²) in [5.74, 6) is -2.61. The van der Waals surface area contributed by atoms with Gasteiger partial charge in [0.1, 0.15) is 12.3 Å². The van der Waals surface area contributed by atoms with Crippen molar-refractivity contribution >= 4 is 24.1 Å². The molecule has 0 aliphatic rings. The first-order chi connectivity index (χ1) is 18.0. The number of aryl methyl sites for hydroxylation is 1. The molecule has 2 rings (SSSR count). The first-order valence-electron chi connectivity index (χ1n) is 13.4. The molecule has 38 heavy (non-hydrogen) atoms. The highest BCUT2D eigenvalue weighted by molar-refractivity contribution is 5.89. The minimum atomic E-state index is -0.889. The molecule has 206 valence electrons. The van der Waals surface area contributed by atoms with E-state index < -0.39 is 29.3 Å². The predicted molar refractivity (Wildman–Crippen MR) is 150 cm³/mol. The van der Waals surface area contributed by atoms with Gasteiger partial charge in [0.25, 0.3) is 0 Å². The Labute approximate surface area is 226 Å². The minimum Gasteiger partial charge on any atom is -0.481 e. The van der Waals surface area contributed by atoms with Crippen LogP contribution in [0.1, 0.15) is 75.7 Å². The second-order valence-corrected chi connectivity index (χ2v) is 11.0. The van der Waals surface area contributed by atoms with Crippen molar-refractivity contribution in [2.45, 2.75) is 72.3 Å². The van der Waals surface area contributed by atoms with Crippen LogP contribution in [0.2, 0.25) is 0 Å². The maximum atomic E-state index is 13.5. The number of likely N-dealkylation sites (N-methyl/N-ethyl adjacent to an activating group) is 1. The molecule has 2 aromatic rings. The number of hydrogen-bond donors (Lipinski definition) is 3. The monoisotopic (exact) mass is 522 g/mol. The largest absolute Gasteiger partial charge is 0.481 e. The van der Waals surface area contributed by atoms with Gasteiger partial charge in [-0.15, -0.1) is 0 Å². The molecule has 0 aliphatic carbocycles. The zero-order valence-electron chi connectivity index (χ0n) is 23.3. The summed E-state index contributed by atoms with van der Waals surface area (Å²) in [4.78, 5) is 48.8. The summed E-state index contributed by atoms with van der Waals surface area (Å²) in [5.41, 5.74) is 3.18. The van der Waals surface area contributed by atoms with Crippen molar-refractivity contribution in [1.82, 2.24) is 10.6 Å². The van der Waals surface area contributed by atoms with E-state index in [4.69, 9.17) is 0 Å². The second-order valence-electron chi connectivity index (χ2n) is 11.0. The van der Waals surface area contributed by atoms with Crippen LogP contribution in [-0.2, 0) is 20.8 Å². The molecular formula is C31H42N2O5. The maximum absolute atomic E-state index is 13.5. The van der Waals surface area contributed by atoms with Crippen LogP contribution in [0.25, 0.3) is 11.1 Å². The number of carboxylic acids is 1. The molecule has 0 fully saturated rings. The number of aldehydes is 1. The summed E-state index contributed by atoms with van der Waals surface area (Å²) in [6, 6.07) is 14.6. The molecule has 0 bridgehead atoms. The fourth-order valence-electron chi connectivity index (χ4n) is 4.53. The highest BCUT2D eigenvalue weighted by atomic mass is 16.4. The molecule has 3 N–H and O–H groups in total. The van der Waals surface area contributed by atoms with E-state index in [1.807, 2.05) is 64.1 Å². The number of carbonyl (C=O) groups is 4. The van der Waals surface area contributed by atoms with Crippen molar-refractivity contribution in [3.63, 3.8) is 0 Å². The SMILES string of the molecule is CCCC[C@@H](C[C@H](CCc1ccc(-c2ccc(C=O)cc2)cc1)C(=O)N[C@H](C(=O)NC)C(C)(C)C)C(=O)O. The minimum absolute atomic E-state index is 0.229. The molecule has 2 amide bonds. The van der Waals surface area contributed by atoms with Crippen LogP contribution in [-0.4, -0.2) is 42.3 Å². The smallest absolute Gasteiger partial charge is 0.306 e. The van der Waals surface area contributed by atoms with Crippen LogP contribution < -0.4 is 10.6 Å². The number of benzene rings is 2. The molecule has 7 nitrogen and oxygen atoms in total. The van der Waals surface area contributed by atoms with Gasteiger partial charge >= 0.3 is 5.97 Å². The Kier molecular flexibility index (Phi) is 11.7. The molecule has 0 aromatic heterocycles. The van der Waals surface area contributed by atoms with Crippen molar-refractivity contribution in [3.05, 3.63) is 59.7 Å². The van der Waals surface area contributed by atoms with E-state index in [1.54, 1.807) is 12.1 Å². The molecule has 0 saturated carbocycles. The van der Waals surface area contributed by atoms with E-state index in [0.29, 0.717) is 24.8 Å². The molecule has 0 unspecified atom stereocenters. The first-order valence-corrected chi connectivity index (χ1v) is 13.4. The Morgan fingerprint density at radius 3 is 1.95 bits per heavy atom. The van der Waals surface area contributed by atoms with Gasteiger partial charge in [0.15, 0.2) is 0 Å². The van der Waals surface area contributed by atoms with Crippen LogP contribution >= 0.6 is 0 Å². The Hall–Kier alpha value is -3.48. The molecule has 0 aliphatic heterocycles. The third-order valence-electron chi connectivity index (χ3n) is 6.97. The number of aliphatic carboxylic acids is 1. The summed E-state index contributed by atoms with van der Waals surface area (Å²) in [7, 11) is 1.54. The van der Waals surface area contributed by atoms with E-state index in [2.05, 4.69) is 10.6 Å². The van der Waals surface area contributed by atoms with Crippen LogP contribution in [0, 0.1) is 17.3 Å². The third kappa shape index (κ3) is 9.12. The summed E-state index contributed by atoms with van der Waals surface area (Å²) in [6.45, 7) is 7.67. The number of hydrogen-bond acceptors (Lipinski definition) is 4. The highest BCUT2D eigenvalue weighted by Gasteiger charge is 2.35. The number of amides is 2. The summed E-state index contributed by atoms with van der Waals surface area (Å²) in [6.07, 6.45) is 4.30. The molecule has 0 radical (unpaired) electrons. The topological polar surface area (TPSA) is 113 Å². The van der Waals surface area contributed by atoms with Gasteiger partial charge in [0, 0.05) is 18.5 Å². The number of rotatable bonds is 14. The predicted octanol–water partition coefficient (Wildman–Crippen LogP) is 5.27. The number of unbranched alkanes of at least 4 members (excludes halogenated alkanes) is 1. The lowest BCUT2D eigenvalue weighted by molar-refractivity contribution is -0.143. The average Bonchev–Trinajstić information content (AvgIpc) is 2.90. The Balaban J connectivity index is 2.21. The zero-order chi connectivity index (χ0) is 28.3. The molecular weight excluding hydrogens is 480 g/mol. The summed E-state index contributed by atoms with van der Waals surface area (Å²) < 4.78 is 0. The Morgan fingerprint density at radius 1 is 0.895 bits per heavy atom. The van der Waals surface area contributed by atoms with Gasteiger partial charge in [-0.1, -0.05) is 89.1 Å². The fourth-order valence-corrected chi connectivity index (χ4v) is 4.53. The number of nitrogens with one attached hydrogen (secondary N) is 2. The van der Waals surface area contributed by atoms with Gasteiger partial charge in [0.2, 0.25) is 11.8 Å². The lowest BCUT2D eigenvalue weighted by Gasteiger charge is -2.31. The Bertz CT molecular complexity index is 1070. The van der Waals surface area contributed by atoms with Gasteiger partial charge in [-0.3, -0.25) is 19.2 Å². The van der Waals surface area contributed by atoms with E-state index in [-0.39, 0.29) is 18.2 Å². The first kappa shape index (κ1) is 30.7. The lowest BCUT2D eigenvalue weighted by atomic mass is 9.83. The molecule has 3 atom stereocenters. The van der Waals surface area contributed by atoms with Gasteiger partial charge < -0.3 is 15.7 Å². The average molecular weight is 523 g/mol. The zero-order valence-corrected chi connectivity index (χ0v) is 23.3. The summed E-state index contributed by atoms with van der Waals surface area (Å²) in [5, 5.41) is 15.3. The summed E-state index contributed by atoms with van der Waals surface area (Å²) >= 11 is 0. The van der Waals surface area contributed by atoms with Crippen LogP contribution in [0.15, 0.2) is 48.5 Å². The number of carboxylic acid groups (broad SMARTS) is 1. The van der Waals surface area contributed by atoms with Crippen molar-refractivity contribution < 1.29 is 24.3 Å². The second kappa shape index (κ2) is 14.5.